The Labute approximate surface area is 141 Å². The van der Waals surface area contributed by atoms with Gasteiger partial charge in [-0.3, -0.25) is 19.4 Å². The highest BCUT2D eigenvalue weighted by atomic mass is 16.2. The molecule has 1 fully saturated rings. The topological polar surface area (TPSA) is 89.0 Å². The fourth-order valence-corrected chi connectivity index (χ4v) is 3.23. The average Bonchev–Trinajstić information content (AvgIpc) is 2.56. The number of aryl methyl sites for hydroxylation is 1. The van der Waals surface area contributed by atoms with Gasteiger partial charge in [-0.2, -0.15) is 0 Å². The summed E-state index contributed by atoms with van der Waals surface area (Å²) in [5, 5.41) is 0. The minimum atomic E-state index is -0.377. The van der Waals surface area contributed by atoms with Gasteiger partial charge in [0.15, 0.2) is 0 Å². The molecule has 0 saturated heterocycles. The molecule has 0 aromatic carbocycles. The molecule has 0 amide bonds. The Kier molecular flexibility index (Phi) is 7.15. The molecular weight excluding hydrogens is 308 g/mol. The Morgan fingerprint density at radius 1 is 1.08 bits per heavy atom. The van der Waals surface area contributed by atoms with E-state index in [1.165, 1.54) is 16.8 Å². The van der Waals surface area contributed by atoms with Crippen molar-refractivity contribution in [1.82, 2.24) is 9.55 Å². The van der Waals surface area contributed by atoms with Gasteiger partial charge < -0.3 is 4.57 Å². The number of nitrogens with one attached hydrogen (secondary N) is 1. The lowest BCUT2D eigenvalue weighted by atomic mass is 9.83. The molecule has 1 atom stereocenters. The first kappa shape index (κ1) is 18.4. The second-order valence-corrected chi connectivity index (χ2v) is 6.55. The van der Waals surface area contributed by atoms with Gasteiger partial charge in [0, 0.05) is 31.6 Å². The van der Waals surface area contributed by atoms with Crippen LogP contribution < -0.4 is 11.2 Å². The van der Waals surface area contributed by atoms with Crippen LogP contribution in [0.2, 0.25) is 0 Å². The number of hydrogen-bond donors (Lipinski definition) is 1. The average molecular weight is 334 g/mol. The Hall–Kier alpha value is -1.98. The molecule has 1 aliphatic rings. The predicted molar refractivity (Wildman–Crippen MR) is 91.0 cm³/mol. The van der Waals surface area contributed by atoms with Crippen LogP contribution in [0.5, 0.6) is 0 Å². The molecular formula is C18H26N2O4. The first-order chi connectivity index (χ1) is 11.6. The number of unbranched alkanes of at least 4 members (excludes halogenated alkanes) is 4. The summed E-state index contributed by atoms with van der Waals surface area (Å²) in [4.78, 5) is 48.5. The van der Waals surface area contributed by atoms with Crippen molar-refractivity contribution in [2.24, 2.45) is 5.92 Å². The zero-order valence-corrected chi connectivity index (χ0v) is 14.1. The molecule has 24 heavy (non-hydrogen) atoms. The molecule has 1 aliphatic carbocycles. The number of ketones is 2. The summed E-state index contributed by atoms with van der Waals surface area (Å²) < 4.78 is 1.50. The summed E-state index contributed by atoms with van der Waals surface area (Å²) >= 11 is 0. The van der Waals surface area contributed by atoms with Gasteiger partial charge in [0.05, 0.1) is 5.92 Å². The largest absolute Gasteiger partial charge is 0.328 e. The van der Waals surface area contributed by atoms with Crippen molar-refractivity contribution in [1.29, 1.82) is 0 Å². The van der Waals surface area contributed by atoms with E-state index in [2.05, 4.69) is 4.98 Å². The highest BCUT2D eigenvalue weighted by Gasteiger charge is 2.27. The number of aromatic amines is 1. The molecule has 0 aliphatic heterocycles. The molecule has 0 radical (unpaired) electrons. The predicted octanol–water partition coefficient (Wildman–Crippen LogP) is 2.21. The zero-order valence-electron chi connectivity index (χ0n) is 14.1. The van der Waals surface area contributed by atoms with Gasteiger partial charge >= 0.3 is 5.69 Å². The lowest BCUT2D eigenvalue weighted by Crippen LogP contribution is -2.28. The number of nitrogens with zero attached hydrogens (tertiary/aromatic N) is 1. The number of aromatic nitrogens is 2. The fraction of sp³-hybridized carbons (Fsp3) is 0.667. The maximum atomic E-state index is 12.1. The molecule has 1 saturated carbocycles. The molecule has 132 valence electrons. The van der Waals surface area contributed by atoms with Crippen molar-refractivity contribution < 1.29 is 9.59 Å². The fourth-order valence-electron chi connectivity index (χ4n) is 3.23. The standard InChI is InChI=1S/C18H26N2O4/c21-15(14-8-5-6-10-16(14)22)9-4-2-1-3-7-12-20-13-11-17(23)19-18(20)24/h11,13-14H,1-10,12H2,(H,19,23,24). The van der Waals surface area contributed by atoms with Crippen LogP contribution >= 0.6 is 0 Å². The molecule has 6 nitrogen and oxygen atoms in total. The van der Waals surface area contributed by atoms with Gasteiger partial charge in [-0.05, 0) is 25.7 Å². The number of hydrogen-bond acceptors (Lipinski definition) is 4. The van der Waals surface area contributed by atoms with Crippen molar-refractivity contribution in [2.75, 3.05) is 0 Å². The normalized spacial score (nSPS) is 17.8. The molecule has 1 N–H and O–H groups in total. The van der Waals surface area contributed by atoms with Crippen molar-refractivity contribution in [3.05, 3.63) is 33.1 Å². The van der Waals surface area contributed by atoms with Gasteiger partial charge in [-0.1, -0.05) is 25.7 Å². The van der Waals surface area contributed by atoms with Gasteiger partial charge in [0.1, 0.15) is 11.6 Å². The minimum Gasteiger partial charge on any atom is -0.301 e. The Bertz CT molecular complexity index is 674. The minimum absolute atomic E-state index is 0.125. The van der Waals surface area contributed by atoms with Crippen molar-refractivity contribution >= 4 is 11.6 Å². The molecule has 1 aromatic heterocycles. The zero-order chi connectivity index (χ0) is 17.4. The molecule has 0 spiro atoms. The summed E-state index contributed by atoms with van der Waals surface area (Å²) in [7, 11) is 0. The van der Waals surface area contributed by atoms with Crippen molar-refractivity contribution in [2.45, 2.75) is 70.8 Å². The molecule has 6 heteroatoms. The first-order valence-electron chi connectivity index (χ1n) is 8.93. The summed E-state index contributed by atoms with van der Waals surface area (Å²) in [6.07, 6.45) is 9.90. The Balaban J connectivity index is 1.56. The van der Waals surface area contributed by atoms with E-state index >= 15 is 0 Å². The lowest BCUT2D eigenvalue weighted by Gasteiger charge is -2.19. The van der Waals surface area contributed by atoms with E-state index in [4.69, 9.17) is 0 Å². The summed E-state index contributed by atoms with van der Waals surface area (Å²) in [6.45, 7) is 0.588. The van der Waals surface area contributed by atoms with Crippen LogP contribution in [-0.4, -0.2) is 21.1 Å². The van der Waals surface area contributed by atoms with Crippen LogP contribution in [0.1, 0.15) is 64.2 Å². The maximum absolute atomic E-state index is 12.1. The SMILES string of the molecule is O=C(CCCCCCCn1ccc(=O)[nH]c1=O)C1CCCCC1=O. The van der Waals surface area contributed by atoms with E-state index in [1.807, 2.05) is 0 Å². The van der Waals surface area contributed by atoms with Crippen LogP contribution in [0.25, 0.3) is 0 Å². The van der Waals surface area contributed by atoms with Gasteiger partial charge in [0.25, 0.3) is 5.56 Å². The van der Waals surface area contributed by atoms with E-state index in [9.17, 15) is 19.2 Å². The van der Waals surface area contributed by atoms with E-state index in [0.29, 0.717) is 19.4 Å². The molecule has 1 aromatic rings. The van der Waals surface area contributed by atoms with Crippen LogP contribution in [0.15, 0.2) is 21.9 Å². The highest BCUT2D eigenvalue weighted by Crippen LogP contribution is 2.23. The number of H-pyrrole nitrogens is 1. The quantitative estimate of drug-likeness (QED) is 0.554. The van der Waals surface area contributed by atoms with E-state index in [-0.39, 0.29) is 28.7 Å². The smallest absolute Gasteiger partial charge is 0.301 e. The third-order valence-electron chi connectivity index (χ3n) is 4.66. The lowest BCUT2D eigenvalue weighted by molar-refractivity contribution is -0.134. The van der Waals surface area contributed by atoms with Crippen LogP contribution in [0.4, 0.5) is 0 Å². The molecule has 0 bridgehead atoms. The van der Waals surface area contributed by atoms with E-state index in [0.717, 1.165) is 51.4 Å². The summed E-state index contributed by atoms with van der Waals surface area (Å²) in [6, 6.07) is 1.35. The van der Waals surface area contributed by atoms with Gasteiger partial charge in [-0.25, -0.2) is 4.79 Å². The van der Waals surface area contributed by atoms with Crippen molar-refractivity contribution in [3.8, 4) is 0 Å². The number of carbonyl (C=O) groups excluding carboxylic acids is 2. The van der Waals surface area contributed by atoms with Gasteiger partial charge in [-0.15, -0.1) is 0 Å². The van der Waals surface area contributed by atoms with E-state index < -0.39 is 0 Å². The third kappa shape index (κ3) is 5.58. The van der Waals surface area contributed by atoms with Crippen LogP contribution in [0, 0.1) is 5.92 Å². The first-order valence-corrected chi connectivity index (χ1v) is 8.93. The van der Waals surface area contributed by atoms with Gasteiger partial charge in [0.2, 0.25) is 0 Å². The number of rotatable bonds is 9. The van der Waals surface area contributed by atoms with Crippen molar-refractivity contribution in [3.63, 3.8) is 0 Å². The second-order valence-electron chi connectivity index (χ2n) is 6.55. The Morgan fingerprint density at radius 3 is 2.58 bits per heavy atom. The van der Waals surface area contributed by atoms with Crippen LogP contribution in [-0.2, 0) is 16.1 Å². The second kappa shape index (κ2) is 9.35. The van der Waals surface area contributed by atoms with Crippen LogP contribution in [0.3, 0.4) is 0 Å². The maximum Gasteiger partial charge on any atom is 0.328 e. The highest BCUT2D eigenvalue weighted by molar-refractivity contribution is 6.02. The molecule has 1 unspecified atom stereocenters. The summed E-state index contributed by atoms with van der Waals surface area (Å²) in [5.41, 5.74) is -0.748. The Morgan fingerprint density at radius 2 is 1.83 bits per heavy atom. The monoisotopic (exact) mass is 334 g/mol. The molecule has 1 heterocycles. The third-order valence-corrected chi connectivity index (χ3v) is 4.66. The molecule has 2 rings (SSSR count). The number of carbonyl (C=O) groups is 2. The van der Waals surface area contributed by atoms with E-state index in [1.54, 1.807) is 0 Å². The summed E-state index contributed by atoms with van der Waals surface area (Å²) in [5.74, 6) is -0.0667. The number of Topliss-reactive ketones (excluding diaryl/α,β-unsaturated/α-hetero) is 2.